The van der Waals surface area contributed by atoms with Crippen LogP contribution in [0.2, 0.25) is 0 Å². The monoisotopic (exact) mass is 605 g/mol. The predicted octanol–water partition coefficient (Wildman–Crippen LogP) is 5.32. The molecule has 9 heteroatoms. The number of anilines is 2. The number of carbonyl (C=O) groups excluding carboxylic acids is 1. The fraction of sp³-hybridized carbons (Fsp3) is 0.240. The molecule has 34 heavy (non-hydrogen) atoms. The number of sulfonamides is 1. The van der Waals surface area contributed by atoms with Crippen LogP contribution in [0.4, 0.5) is 11.4 Å². The van der Waals surface area contributed by atoms with E-state index in [4.69, 9.17) is 0 Å². The van der Waals surface area contributed by atoms with Gasteiger partial charge in [0.25, 0.3) is 0 Å². The number of nitrogens with zero attached hydrogens (tertiary/aromatic N) is 2. The van der Waals surface area contributed by atoms with Gasteiger partial charge in [-0.05, 0) is 58.2 Å². The lowest BCUT2D eigenvalue weighted by Crippen LogP contribution is -2.35. The summed E-state index contributed by atoms with van der Waals surface area (Å²) in [6, 6.07) is 23.1. The zero-order valence-corrected chi connectivity index (χ0v) is 22.4. The minimum Gasteiger partial charge on any atom is -0.365 e. The van der Waals surface area contributed by atoms with Gasteiger partial charge in [0.05, 0.1) is 16.3 Å². The molecule has 0 fully saturated rings. The number of benzene rings is 3. The second-order valence-corrected chi connectivity index (χ2v) is 11.5. The van der Waals surface area contributed by atoms with Crippen LogP contribution in [0.15, 0.2) is 86.6 Å². The smallest absolute Gasteiger partial charge is 0.241 e. The van der Waals surface area contributed by atoms with Gasteiger partial charge in [0, 0.05) is 41.5 Å². The molecule has 178 valence electrons. The number of hydrogen-bond donors (Lipinski definition) is 1. The van der Waals surface area contributed by atoms with Gasteiger partial charge < -0.3 is 9.80 Å². The number of carbonyl (C=O) groups is 1. The number of amides is 1. The van der Waals surface area contributed by atoms with E-state index in [-0.39, 0.29) is 23.8 Å². The molecule has 0 atom stereocenters. The lowest BCUT2D eigenvalue weighted by molar-refractivity contribution is -0.118. The molecule has 0 unspecified atom stereocenters. The van der Waals surface area contributed by atoms with Crippen LogP contribution < -0.4 is 14.5 Å². The quantitative estimate of drug-likeness (QED) is 0.395. The number of fused-ring (bicyclic) bond motifs is 1. The van der Waals surface area contributed by atoms with Gasteiger partial charge in [-0.3, -0.25) is 4.79 Å². The highest BCUT2D eigenvalue weighted by Crippen LogP contribution is 2.33. The van der Waals surface area contributed by atoms with E-state index in [1.54, 1.807) is 17.0 Å². The largest absolute Gasteiger partial charge is 0.365 e. The Bertz CT molecular complexity index is 1270. The Labute approximate surface area is 217 Å². The summed E-state index contributed by atoms with van der Waals surface area (Å²) < 4.78 is 29.2. The maximum Gasteiger partial charge on any atom is 0.241 e. The van der Waals surface area contributed by atoms with Crippen LogP contribution in [-0.2, 0) is 21.4 Å². The molecular formula is C25H25Br2N3O3S. The lowest BCUT2D eigenvalue weighted by Gasteiger charge is -2.27. The van der Waals surface area contributed by atoms with E-state index in [2.05, 4.69) is 53.6 Å². The topological polar surface area (TPSA) is 69.7 Å². The molecule has 0 aromatic heterocycles. The van der Waals surface area contributed by atoms with E-state index in [0.29, 0.717) is 15.5 Å². The first-order chi connectivity index (χ1) is 16.3. The molecule has 0 saturated carbocycles. The zero-order chi connectivity index (χ0) is 24.1. The standard InChI is InChI=1S/C25H25Br2N3O3S/c26-20-11-12-21(27)24(17-20)34(32,33)28-14-13-25(31)30-16-6-15-29(18-19-7-2-1-3-8-19)22-9-4-5-10-23(22)30/h1-5,7-12,17,28H,6,13-16,18H2. The van der Waals surface area contributed by atoms with E-state index in [9.17, 15) is 13.2 Å². The summed E-state index contributed by atoms with van der Waals surface area (Å²) in [5.41, 5.74) is 3.08. The zero-order valence-electron chi connectivity index (χ0n) is 18.5. The van der Waals surface area contributed by atoms with E-state index >= 15 is 0 Å². The molecule has 6 nitrogen and oxygen atoms in total. The fourth-order valence-corrected chi connectivity index (χ4v) is 6.57. The molecule has 3 aromatic rings. The van der Waals surface area contributed by atoms with Gasteiger partial charge >= 0.3 is 0 Å². The highest BCUT2D eigenvalue weighted by Gasteiger charge is 2.25. The third kappa shape index (κ3) is 5.89. The molecule has 1 amide bonds. The van der Waals surface area contributed by atoms with Crippen molar-refractivity contribution in [2.45, 2.75) is 24.3 Å². The number of nitrogens with one attached hydrogen (secondary N) is 1. The number of rotatable bonds is 7. The van der Waals surface area contributed by atoms with Crippen LogP contribution in [0.25, 0.3) is 0 Å². The molecule has 0 saturated heterocycles. The third-order valence-corrected chi connectivity index (χ3v) is 8.60. The molecule has 3 aromatic carbocycles. The van der Waals surface area contributed by atoms with Crippen molar-refractivity contribution in [2.75, 3.05) is 29.4 Å². The Morgan fingerprint density at radius 3 is 2.38 bits per heavy atom. The van der Waals surface area contributed by atoms with Crippen LogP contribution in [0.3, 0.4) is 0 Å². The number of para-hydroxylation sites is 2. The summed E-state index contributed by atoms with van der Waals surface area (Å²) in [6.07, 6.45) is 0.891. The summed E-state index contributed by atoms with van der Waals surface area (Å²) in [6.45, 7) is 2.21. The van der Waals surface area contributed by atoms with Crippen LogP contribution in [0, 0.1) is 0 Å². The van der Waals surface area contributed by atoms with Crippen molar-refractivity contribution in [3.63, 3.8) is 0 Å². The molecule has 0 spiro atoms. The maximum atomic E-state index is 13.2. The molecule has 4 rings (SSSR count). The van der Waals surface area contributed by atoms with Crippen molar-refractivity contribution in [2.24, 2.45) is 0 Å². The predicted molar refractivity (Wildman–Crippen MR) is 143 cm³/mol. The minimum atomic E-state index is -3.76. The lowest BCUT2D eigenvalue weighted by atomic mass is 10.1. The molecule has 1 aliphatic rings. The van der Waals surface area contributed by atoms with E-state index < -0.39 is 10.0 Å². The van der Waals surface area contributed by atoms with E-state index in [0.717, 1.165) is 30.9 Å². The second-order valence-electron chi connectivity index (χ2n) is 8.02. The van der Waals surface area contributed by atoms with Crippen molar-refractivity contribution in [3.05, 3.63) is 87.3 Å². The molecule has 0 bridgehead atoms. The Kier molecular flexibility index (Phi) is 8.08. The van der Waals surface area contributed by atoms with Crippen LogP contribution in [-0.4, -0.2) is 34.0 Å². The Hall–Kier alpha value is -2.20. The van der Waals surface area contributed by atoms with Crippen molar-refractivity contribution < 1.29 is 13.2 Å². The van der Waals surface area contributed by atoms with Crippen LogP contribution >= 0.6 is 31.9 Å². The average molecular weight is 607 g/mol. The van der Waals surface area contributed by atoms with Crippen LogP contribution in [0.5, 0.6) is 0 Å². The summed E-state index contributed by atoms with van der Waals surface area (Å²) in [7, 11) is -3.76. The first kappa shape index (κ1) is 24.9. The van der Waals surface area contributed by atoms with Crippen molar-refractivity contribution in [1.82, 2.24) is 4.72 Å². The first-order valence-corrected chi connectivity index (χ1v) is 14.0. The van der Waals surface area contributed by atoms with E-state index in [1.807, 2.05) is 42.5 Å². The molecule has 1 N–H and O–H groups in total. The highest BCUT2D eigenvalue weighted by atomic mass is 79.9. The molecule has 1 aliphatic heterocycles. The normalized spacial score (nSPS) is 13.9. The van der Waals surface area contributed by atoms with Crippen LogP contribution in [0.1, 0.15) is 18.4 Å². The molecule has 1 heterocycles. The summed E-state index contributed by atoms with van der Waals surface area (Å²) >= 11 is 6.59. The summed E-state index contributed by atoms with van der Waals surface area (Å²) in [5, 5.41) is 0. The van der Waals surface area contributed by atoms with E-state index in [1.165, 1.54) is 11.6 Å². The average Bonchev–Trinajstić information content (AvgIpc) is 3.01. The van der Waals surface area contributed by atoms with Crippen molar-refractivity contribution in [1.29, 1.82) is 0 Å². The molecular weight excluding hydrogens is 582 g/mol. The highest BCUT2D eigenvalue weighted by molar-refractivity contribution is 9.11. The SMILES string of the molecule is O=C(CCNS(=O)(=O)c1cc(Br)ccc1Br)N1CCCN(Cc2ccccc2)c2ccccc21. The van der Waals surface area contributed by atoms with Gasteiger partial charge in [-0.1, -0.05) is 58.4 Å². The third-order valence-electron chi connectivity index (χ3n) is 5.65. The first-order valence-electron chi connectivity index (χ1n) is 11.0. The number of hydrogen-bond acceptors (Lipinski definition) is 4. The van der Waals surface area contributed by atoms with Gasteiger partial charge in [-0.25, -0.2) is 13.1 Å². The Balaban J connectivity index is 1.46. The summed E-state index contributed by atoms with van der Waals surface area (Å²) in [4.78, 5) is 17.4. The second kappa shape index (κ2) is 11.0. The van der Waals surface area contributed by atoms with Gasteiger partial charge in [0.2, 0.25) is 15.9 Å². The van der Waals surface area contributed by atoms with Gasteiger partial charge in [0.15, 0.2) is 0 Å². The summed E-state index contributed by atoms with van der Waals surface area (Å²) in [5.74, 6) is -0.106. The van der Waals surface area contributed by atoms with Crippen molar-refractivity contribution in [3.8, 4) is 0 Å². The van der Waals surface area contributed by atoms with Gasteiger partial charge in [-0.2, -0.15) is 0 Å². The maximum absolute atomic E-state index is 13.2. The fourth-order valence-electron chi connectivity index (χ4n) is 4.04. The number of halogens is 2. The Morgan fingerprint density at radius 2 is 1.62 bits per heavy atom. The minimum absolute atomic E-state index is 0.0204. The van der Waals surface area contributed by atoms with Gasteiger partial charge in [0.1, 0.15) is 0 Å². The molecule has 0 radical (unpaired) electrons. The molecule has 0 aliphatic carbocycles. The van der Waals surface area contributed by atoms with Crippen molar-refractivity contribution >= 4 is 59.2 Å². The Morgan fingerprint density at radius 1 is 0.912 bits per heavy atom. The van der Waals surface area contributed by atoms with Gasteiger partial charge in [-0.15, -0.1) is 0 Å².